The molecule has 1 aliphatic rings. The molecule has 0 aliphatic carbocycles. The van der Waals surface area contributed by atoms with Crippen molar-refractivity contribution in [3.63, 3.8) is 0 Å². The van der Waals surface area contributed by atoms with E-state index in [1.807, 2.05) is 9.80 Å². The highest BCUT2D eigenvalue weighted by Gasteiger charge is 2.24. The molecule has 0 atom stereocenters. The lowest BCUT2D eigenvalue weighted by atomic mass is 10.1. The summed E-state index contributed by atoms with van der Waals surface area (Å²) in [6.07, 6.45) is 2.07. The van der Waals surface area contributed by atoms with Gasteiger partial charge in [-0.05, 0) is 30.5 Å². The van der Waals surface area contributed by atoms with Gasteiger partial charge in [0.15, 0.2) is 0 Å². The van der Waals surface area contributed by atoms with Crippen molar-refractivity contribution < 1.29 is 9.59 Å². The van der Waals surface area contributed by atoms with Crippen LogP contribution in [-0.4, -0.2) is 54.3 Å². The maximum Gasteiger partial charge on any atom is 0.237 e. The summed E-state index contributed by atoms with van der Waals surface area (Å²) >= 11 is 0. The molecule has 1 fully saturated rings. The Labute approximate surface area is 144 Å². The van der Waals surface area contributed by atoms with Gasteiger partial charge in [-0.15, -0.1) is 6.58 Å². The van der Waals surface area contributed by atoms with Gasteiger partial charge in [-0.3, -0.25) is 14.5 Å². The molecule has 1 heterocycles. The molecule has 5 heteroatoms. The minimum atomic E-state index is -0.0000841. The quantitative estimate of drug-likeness (QED) is 0.774. The molecule has 0 aromatic heterocycles. The molecule has 0 unspecified atom stereocenters. The van der Waals surface area contributed by atoms with Gasteiger partial charge in [-0.1, -0.05) is 24.3 Å². The van der Waals surface area contributed by atoms with Crippen LogP contribution >= 0.6 is 0 Å². The van der Waals surface area contributed by atoms with Crippen LogP contribution in [0.1, 0.15) is 23.1 Å². The number of carbonyl (C=O) groups is 2. The van der Waals surface area contributed by atoms with Crippen molar-refractivity contribution in [2.24, 2.45) is 0 Å². The Kier molecular flexibility index (Phi) is 6.55. The van der Waals surface area contributed by atoms with Crippen molar-refractivity contribution in [1.82, 2.24) is 15.1 Å². The number of hydrogen-bond donors (Lipinski definition) is 1. The fraction of sp³-hybridized carbons (Fsp3) is 0.474. The summed E-state index contributed by atoms with van der Waals surface area (Å²) in [6, 6.07) is 6.35. The molecule has 24 heavy (non-hydrogen) atoms. The van der Waals surface area contributed by atoms with E-state index < -0.39 is 0 Å². The van der Waals surface area contributed by atoms with Crippen LogP contribution in [0.25, 0.3) is 0 Å². The van der Waals surface area contributed by atoms with Gasteiger partial charge < -0.3 is 10.2 Å². The molecule has 130 valence electrons. The lowest BCUT2D eigenvalue weighted by molar-refractivity contribution is -0.137. The number of rotatable bonds is 7. The molecular weight excluding hydrogens is 302 g/mol. The first-order valence-electron chi connectivity index (χ1n) is 8.43. The third-order valence-corrected chi connectivity index (χ3v) is 4.44. The highest BCUT2D eigenvalue weighted by Crippen LogP contribution is 2.14. The van der Waals surface area contributed by atoms with Crippen molar-refractivity contribution in [3.8, 4) is 0 Å². The third kappa shape index (κ3) is 5.20. The zero-order chi connectivity index (χ0) is 17.5. The minimum Gasteiger partial charge on any atom is -0.353 e. The number of nitrogens with zero attached hydrogens (tertiary/aromatic N) is 2. The maximum atomic E-state index is 12.3. The zero-order valence-corrected chi connectivity index (χ0v) is 14.7. The summed E-state index contributed by atoms with van der Waals surface area (Å²) in [5.41, 5.74) is 3.69. The summed E-state index contributed by atoms with van der Waals surface area (Å²) in [6.45, 7) is 11.4. The van der Waals surface area contributed by atoms with Gasteiger partial charge in [-0.25, -0.2) is 0 Å². The Morgan fingerprint density at radius 2 is 2.08 bits per heavy atom. The van der Waals surface area contributed by atoms with Gasteiger partial charge in [0.2, 0.25) is 11.8 Å². The van der Waals surface area contributed by atoms with E-state index in [4.69, 9.17) is 0 Å². The van der Waals surface area contributed by atoms with Crippen molar-refractivity contribution in [2.75, 3.05) is 32.7 Å². The zero-order valence-electron chi connectivity index (χ0n) is 14.7. The van der Waals surface area contributed by atoms with E-state index in [0.717, 1.165) is 6.54 Å². The van der Waals surface area contributed by atoms with E-state index in [-0.39, 0.29) is 11.8 Å². The van der Waals surface area contributed by atoms with Gasteiger partial charge in [-0.2, -0.15) is 0 Å². The summed E-state index contributed by atoms with van der Waals surface area (Å²) in [4.78, 5) is 27.9. The maximum absolute atomic E-state index is 12.3. The normalized spacial score (nSPS) is 15.4. The first kappa shape index (κ1) is 18.2. The molecule has 0 bridgehead atoms. The standard InChI is InChI=1S/C19H27N3O2/c1-4-8-20-18(23)7-9-21-10-11-22(19(24)14-21)13-17-6-5-15(2)16(3)12-17/h4-6,12H,1,7-11,13-14H2,2-3H3,(H,20,23). The molecule has 5 nitrogen and oxygen atoms in total. The first-order chi connectivity index (χ1) is 11.5. The number of piperazine rings is 1. The molecule has 2 rings (SSSR count). The smallest absolute Gasteiger partial charge is 0.237 e. The summed E-state index contributed by atoms with van der Waals surface area (Å²) in [5, 5.41) is 2.76. The van der Waals surface area contributed by atoms with Crippen molar-refractivity contribution in [3.05, 3.63) is 47.5 Å². The van der Waals surface area contributed by atoms with E-state index in [0.29, 0.717) is 39.1 Å². The number of amides is 2. The summed E-state index contributed by atoms with van der Waals surface area (Å²) in [5.74, 6) is 0.130. The van der Waals surface area contributed by atoms with E-state index in [2.05, 4.69) is 43.9 Å². The lowest BCUT2D eigenvalue weighted by Gasteiger charge is -2.34. The molecule has 1 aromatic carbocycles. The van der Waals surface area contributed by atoms with E-state index in [9.17, 15) is 9.59 Å². The van der Waals surface area contributed by atoms with Crippen LogP contribution < -0.4 is 5.32 Å². The lowest BCUT2D eigenvalue weighted by Crippen LogP contribution is -2.50. The molecule has 0 saturated carbocycles. The van der Waals surface area contributed by atoms with Crippen LogP contribution in [0.3, 0.4) is 0 Å². The molecule has 0 spiro atoms. The summed E-state index contributed by atoms with van der Waals surface area (Å²) < 4.78 is 0. The third-order valence-electron chi connectivity index (χ3n) is 4.44. The Morgan fingerprint density at radius 1 is 1.29 bits per heavy atom. The van der Waals surface area contributed by atoms with Crippen LogP contribution in [0.2, 0.25) is 0 Å². The largest absolute Gasteiger partial charge is 0.353 e. The topological polar surface area (TPSA) is 52.7 Å². The first-order valence-corrected chi connectivity index (χ1v) is 8.43. The number of benzene rings is 1. The van der Waals surface area contributed by atoms with Gasteiger partial charge in [0.1, 0.15) is 0 Å². The second kappa shape index (κ2) is 8.64. The SMILES string of the molecule is C=CCNC(=O)CCN1CCN(Cc2ccc(C)c(C)c2)C(=O)C1. The molecule has 1 N–H and O–H groups in total. The van der Waals surface area contributed by atoms with E-state index >= 15 is 0 Å². The molecule has 1 aromatic rings. The van der Waals surface area contributed by atoms with Crippen LogP contribution in [0, 0.1) is 13.8 Å². The highest BCUT2D eigenvalue weighted by atomic mass is 16.2. The summed E-state index contributed by atoms with van der Waals surface area (Å²) in [7, 11) is 0. The highest BCUT2D eigenvalue weighted by molar-refractivity contribution is 5.79. The number of aryl methyl sites for hydroxylation is 2. The van der Waals surface area contributed by atoms with Gasteiger partial charge in [0.25, 0.3) is 0 Å². The Morgan fingerprint density at radius 3 is 2.75 bits per heavy atom. The fourth-order valence-corrected chi connectivity index (χ4v) is 2.77. The Bertz CT molecular complexity index is 613. The van der Waals surface area contributed by atoms with Crippen LogP contribution in [0.15, 0.2) is 30.9 Å². The van der Waals surface area contributed by atoms with Gasteiger partial charge in [0.05, 0.1) is 6.54 Å². The second-order valence-corrected chi connectivity index (χ2v) is 6.35. The number of carbonyl (C=O) groups excluding carboxylic acids is 2. The molecule has 0 radical (unpaired) electrons. The molecular formula is C19H27N3O2. The molecule has 2 amide bonds. The van der Waals surface area contributed by atoms with E-state index in [1.54, 1.807) is 6.08 Å². The Balaban J connectivity index is 1.80. The fourth-order valence-electron chi connectivity index (χ4n) is 2.77. The van der Waals surface area contributed by atoms with Crippen molar-refractivity contribution in [1.29, 1.82) is 0 Å². The second-order valence-electron chi connectivity index (χ2n) is 6.35. The van der Waals surface area contributed by atoms with Crippen LogP contribution in [0.4, 0.5) is 0 Å². The average Bonchev–Trinajstić information content (AvgIpc) is 2.56. The number of hydrogen-bond acceptors (Lipinski definition) is 3. The molecule has 1 aliphatic heterocycles. The minimum absolute atomic E-state index is 0.0000841. The van der Waals surface area contributed by atoms with Gasteiger partial charge >= 0.3 is 0 Å². The van der Waals surface area contributed by atoms with Crippen molar-refractivity contribution in [2.45, 2.75) is 26.8 Å². The van der Waals surface area contributed by atoms with Gasteiger partial charge in [0, 0.05) is 39.1 Å². The predicted octanol–water partition coefficient (Wildman–Crippen LogP) is 1.64. The van der Waals surface area contributed by atoms with Crippen LogP contribution in [0.5, 0.6) is 0 Å². The molecule has 1 saturated heterocycles. The van der Waals surface area contributed by atoms with E-state index in [1.165, 1.54) is 16.7 Å². The number of nitrogens with one attached hydrogen (secondary N) is 1. The average molecular weight is 329 g/mol. The Hall–Kier alpha value is -2.14. The van der Waals surface area contributed by atoms with Crippen LogP contribution in [-0.2, 0) is 16.1 Å². The predicted molar refractivity (Wildman–Crippen MR) is 95.6 cm³/mol. The monoisotopic (exact) mass is 329 g/mol. The van der Waals surface area contributed by atoms with Crippen molar-refractivity contribution >= 4 is 11.8 Å².